The van der Waals surface area contributed by atoms with Gasteiger partial charge in [0.2, 0.25) is 0 Å². The van der Waals surface area contributed by atoms with Crippen LogP contribution in [0.3, 0.4) is 0 Å². The van der Waals surface area contributed by atoms with E-state index in [1.807, 2.05) is 0 Å². The number of nitrogens with one attached hydrogen (secondary N) is 1. The summed E-state index contributed by atoms with van der Waals surface area (Å²) in [4.78, 5) is 24.6. The highest BCUT2D eigenvalue weighted by Crippen LogP contribution is 2.22. The maximum atomic E-state index is 12.8. The molecule has 1 fully saturated rings. The lowest BCUT2D eigenvalue weighted by Crippen LogP contribution is -2.30. The Balaban J connectivity index is 1.68. The molecule has 0 bridgehead atoms. The van der Waals surface area contributed by atoms with Crippen molar-refractivity contribution in [2.45, 2.75) is 31.4 Å². The fourth-order valence-corrected chi connectivity index (χ4v) is 3.26. The second kappa shape index (κ2) is 10.3. The fourth-order valence-electron chi connectivity index (χ4n) is 3.13. The number of methoxy groups -OCH3 is 1. The van der Waals surface area contributed by atoms with Gasteiger partial charge in [-0.15, -0.1) is 0 Å². The van der Waals surface area contributed by atoms with Crippen molar-refractivity contribution in [3.8, 4) is 5.75 Å². The normalized spacial score (nSPS) is 16.8. The van der Waals surface area contributed by atoms with Gasteiger partial charge in [-0.05, 0) is 48.7 Å². The van der Waals surface area contributed by atoms with E-state index in [4.69, 9.17) is 25.8 Å². The first-order chi connectivity index (χ1) is 14.0. The first-order valence-electron chi connectivity index (χ1n) is 9.53. The van der Waals surface area contributed by atoms with Crippen molar-refractivity contribution in [3.63, 3.8) is 0 Å². The standard InChI is InChI=1S/C22H24ClNO5/c1-27-21(25)13-20(15-7-9-17(23)10-8-15)24-22(26)16-4-2-5-18(12-16)29-14-19-6-3-11-28-19/h2,4-5,7-10,12,19-20H,3,6,11,13-14H2,1H3,(H,24,26)/t19-,20-/m0/s1. The maximum Gasteiger partial charge on any atom is 0.307 e. The van der Waals surface area contributed by atoms with Crippen molar-refractivity contribution in [3.05, 3.63) is 64.7 Å². The Kier molecular flexibility index (Phi) is 7.49. The van der Waals surface area contributed by atoms with Crippen LogP contribution in [0.15, 0.2) is 48.5 Å². The SMILES string of the molecule is COC(=O)C[C@H](NC(=O)c1cccc(OC[C@@H]2CCCO2)c1)c1ccc(Cl)cc1. The van der Waals surface area contributed by atoms with E-state index >= 15 is 0 Å². The molecule has 1 aliphatic heterocycles. The highest BCUT2D eigenvalue weighted by atomic mass is 35.5. The van der Waals surface area contributed by atoms with Crippen LogP contribution in [0.1, 0.15) is 41.2 Å². The van der Waals surface area contributed by atoms with Gasteiger partial charge >= 0.3 is 5.97 Å². The number of carbonyl (C=O) groups excluding carboxylic acids is 2. The first kappa shape index (κ1) is 21.1. The van der Waals surface area contributed by atoms with E-state index in [-0.39, 0.29) is 18.4 Å². The van der Waals surface area contributed by atoms with Gasteiger partial charge in [0.05, 0.1) is 25.7 Å². The molecule has 3 rings (SSSR count). The Labute approximate surface area is 175 Å². The van der Waals surface area contributed by atoms with E-state index in [2.05, 4.69) is 5.32 Å². The van der Waals surface area contributed by atoms with Crippen LogP contribution in [0, 0.1) is 0 Å². The van der Waals surface area contributed by atoms with Crippen molar-refractivity contribution < 1.29 is 23.8 Å². The molecule has 29 heavy (non-hydrogen) atoms. The topological polar surface area (TPSA) is 73.9 Å². The quantitative estimate of drug-likeness (QED) is 0.659. The molecular formula is C22H24ClNO5. The summed E-state index contributed by atoms with van der Waals surface area (Å²) in [5, 5.41) is 3.47. The third-order valence-corrected chi connectivity index (χ3v) is 4.98. The zero-order valence-electron chi connectivity index (χ0n) is 16.2. The lowest BCUT2D eigenvalue weighted by Gasteiger charge is -2.19. The number of amides is 1. The number of carbonyl (C=O) groups is 2. The van der Waals surface area contributed by atoms with E-state index in [1.165, 1.54) is 7.11 Å². The Morgan fingerprint density at radius 2 is 2.03 bits per heavy atom. The van der Waals surface area contributed by atoms with Gasteiger partial charge in [-0.25, -0.2) is 0 Å². The molecule has 0 aliphatic carbocycles. The van der Waals surface area contributed by atoms with Gasteiger partial charge in [-0.1, -0.05) is 29.8 Å². The minimum atomic E-state index is -0.538. The number of halogens is 1. The van der Waals surface area contributed by atoms with Crippen molar-refractivity contribution in [2.75, 3.05) is 20.3 Å². The van der Waals surface area contributed by atoms with Crippen LogP contribution in [0.2, 0.25) is 5.02 Å². The third-order valence-electron chi connectivity index (χ3n) is 4.73. The molecule has 1 amide bonds. The lowest BCUT2D eigenvalue weighted by atomic mass is 10.0. The molecule has 0 unspecified atom stereocenters. The second-order valence-electron chi connectivity index (χ2n) is 6.83. The zero-order valence-corrected chi connectivity index (χ0v) is 17.0. The Bertz CT molecular complexity index is 833. The van der Waals surface area contributed by atoms with Crippen LogP contribution >= 0.6 is 11.6 Å². The summed E-state index contributed by atoms with van der Waals surface area (Å²) in [5.41, 5.74) is 1.21. The van der Waals surface area contributed by atoms with E-state index in [1.54, 1.807) is 48.5 Å². The maximum absolute atomic E-state index is 12.8. The molecule has 1 N–H and O–H groups in total. The molecule has 6 nitrogen and oxygen atoms in total. The van der Waals surface area contributed by atoms with E-state index in [9.17, 15) is 9.59 Å². The Morgan fingerprint density at radius 1 is 1.24 bits per heavy atom. The molecule has 0 radical (unpaired) electrons. The molecule has 0 spiro atoms. The van der Waals surface area contributed by atoms with Crippen molar-refractivity contribution >= 4 is 23.5 Å². The molecule has 0 aromatic heterocycles. The van der Waals surface area contributed by atoms with Crippen molar-refractivity contribution in [2.24, 2.45) is 0 Å². The van der Waals surface area contributed by atoms with Gasteiger partial charge in [0.1, 0.15) is 12.4 Å². The average Bonchev–Trinajstić information content (AvgIpc) is 3.26. The van der Waals surface area contributed by atoms with Gasteiger partial charge in [0.15, 0.2) is 0 Å². The predicted molar refractivity (Wildman–Crippen MR) is 109 cm³/mol. The number of hydrogen-bond acceptors (Lipinski definition) is 5. The molecular weight excluding hydrogens is 394 g/mol. The minimum absolute atomic E-state index is 0.0130. The summed E-state index contributed by atoms with van der Waals surface area (Å²) < 4.78 is 16.1. The Hall–Kier alpha value is -2.57. The van der Waals surface area contributed by atoms with E-state index < -0.39 is 12.0 Å². The van der Waals surface area contributed by atoms with Gasteiger partial charge in [-0.3, -0.25) is 9.59 Å². The largest absolute Gasteiger partial charge is 0.491 e. The van der Waals surface area contributed by atoms with Crippen LogP contribution in [0.4, 0.5) is 0 Å². The summed E-state index contributed by atoms with van der Waals surface area (Å²) in [6.07, 6.45) is 2.14. The van der Waals surface area contributed by atoms with E-state index in [0.29, 0.717) is 22.9 Å². The van der Waals surface area contributed by atoms with Crippen LogP contribution in [0.5, 0.6) is 5.75 Å². The molecule has 154 valence electrons. The molecule has 1 saturated heterocycles. The number of rotatable bonds is 8. The molecule has 1 aliphatic rings. The number of hydrogen-bond donors (Lipinski definition) is 1. The highest BCUT2D eigenvalue weighted by Gasteiger charge is 2.20. The van der Waals surface area contributed by atoms with Crippen LogP contribution in [0.25, 0.3) is 0 Å². The van der Waals surface area contributed by atoms with Crippen LogP contribution in [-0.4, -0.2) is 38.3 Å². The summed E-state index contributed by atoms with van der Waals surface area (Å²) >= 11 is 5.94. The summed E-state index contributed by atoms with van der Waals surface area (Å²) in [7, 11) is 1.32. The van der Waals surface area contributed by atoms with Gasteiger partial charge in [-0.2, -0.15) is 0 Å². The fraction of sp³-hybridized carbons (Fsp3) is 0.364. The first-order valence-corrected chi connectivity index (χ1v) is 9.90. The molecule has 0 saturated carbocycles. The monoisotopic (exact) mass is 417 g/mol. The molecule has 7 heteroatoms. The average molecular weight is 418 g/mol. The van der Waals surface area contributed by atoms with Crippen molar-refractivity contribution in [1.82, 2.24) is 5.32 Å². The molecule has 2 aromatic rings. The zero-order chi connectivity index (χ0) is 20.6. The van der Waals surface area contributed by atoms with E-state index in [0.717, 1.165) is 25.0 Å². The smallest absolute Gasteiger partial charge is 0.307 e. The minimum Gasteiger partial charge on any atom is -0.491 e. The summed E-state index contributed by atoms with van der Waals surface area (Å²) in [5.74, 6) is -0.125. The molecule has 1 heterocycles. The lowest BCUT2D eigenvalue weighted by molar-refractivity contribution is -0.141. The summed E-state index contributed by atoms with van der Waals surface area (Å²) in [6.45, 7) is 1.23. The summed E-state index contributed by atoms with van der Waals surface area (Å²) in [6, 6.07) is 13.4. The second-order valence-corrected chi connectivity index (χ2v) is 7.27. The highest BCUT2D eigenvalue weighted by molar-refractivity contribution is 6.30. The number of benzene rings is 2. The number of esters is 1. The third kappa shape index (κ3) is 6.21. The van der Waals surface area contributed by atoms with Crippen LogP contribution < -0.4 is 10.1 Å². The van der Waals surface area contributed by atoms with Gasteiger partial charge in [0, 0.05) is 17.2 Å². The van der Waals surface area contributed by atoms with Gasteiger partial charge < -0.3 is 19.5 Å². The predicted octanol–water partition coefficient (Wildman–Crippen LogP) is 3.93. The molecule has 2 atom stereocenters. The molecule has 2 aromatic carbocycles. The van der Waals surface area contributed by atoms with Gasteiger partial charge in [0.25, 0.3) is 5.91 Å². The number of ether oxygens (including phenoxy) is 3. The van der Waals surface area contributed by atoms with Crippen molar-refractivity contribution in [1.29, 1.82) is 0 Å². The van der Waals surface area contributed by atoms with Crippen LogP contribution in [-0.2, 0) is 14.3 Å². The Morgan fingerprint density at radius 3 is 2.72 bits per heavy atom.